The number of carbonyl (C=O) groups is 2. The van der Waals surface area contributed by atoms with Gasteiger partial charge in [0.1, 0.15) is 0 Å². The van der Waals surface area contributed by atoms with E-state index in [1.807, 2.05) is 6.07 Å². The molecule has 24 heavy (non-hydrogen) atoms. The number of amides is 1. The van der Waals surface area contributed by atoms with Crippen LogP contribution < -0.4 is 40.0 Å². The SMILES string of the molecule is CN(CC(=O)[O-])N=Nc1ccc(NC(=O)c2ccccc2)cc1.[Na+]. The van der Waals surface area contributed by atoms with Gasteiger partial charge in [-0.2, -0.15) is 0 Å². The zero-order valence-corrected chi connectivity index (χ0v) is 15.5. The molecule has 0 bridgehead atoms. The van der Waals surface area contributed by atoms with Crippen molar-refractivity contribution >= 4 is 23.3 Å². The van der Waals surface area contributed by atoms with Crippen LogP contribution in [0.2, 0.25) is 0 Å². The average Bonchev–Trinajstić information content (AvgIpc) is 2.54. The van der Waals surface area contributed by atoms with Crippen molar-refractivity contribution in [3.05, 3.63) is 60.2 Å². The zero-order valence-electron chi connectivity index (χ0n) is 13.5. The largest absolute Gasteiger partial charge is 1.00 e. The number of rotatable bonds is 6. The molecule has 0 atom stereocenters. The molecule has 0 spiro atoms. The van der Waals surface area contributed by atoms with Crippen molar-refractivity contribution in [3.8, 4) is 0 Å². The van der Waals surface area contributed by atoms with Gasteiger partial charge < -0.3 is 15.2 Å². The van der Waals surface area contributed by atoms with Crippen molar-refractivity contribution in [2.75, 3.05) is 18.9 Å². The van der Waals surface area contributed by atoms with E-state index in [4.69, 9.17) is 0 Å². The number of anilines is 1. The molecule has 118 valence electrons. The van der Waals surface area contributed by atoms with Gasteiger partial charge in [0.15, 0.2) is 0 Å². The van der Waals surface area contributed by atoms with Gasteiger partial charge in [-0.1, -0.05) is 23.4 Å². The fraction of sp³-hybridized carbons (Fsp3) is 0.125. The molecule has 2 aromatic carbocycles. The number of aliphatic carboxylic acids is 1. The average molecular weight is 334 g/mol. The quantitative estimate of drug-likeness (QED) is 0.400. The van der Waals surface area contributed by atoms with Crippen molar-refractivity contribution in [3.63, 3.8) is 0 Å². The van der Waals surface area contributed by atoms with Crippen LogP contribution in [0.1, 0.15) is 10.4 Å². The summed E-state index contributed by atoms with van der Waals surface area (Å²) < 4.78 is 0. The van der Waals surface area contributed by atoms with Crippen LogP contribution in [0.5, 0.6) is 0 Å². The minimum Gasteiger partial charge on any atom is -0.548 e. The molecular formula is C16H15N4NaO3. The number of benzene rings is 2. The van der Waals surface area contributed by atoms with Crippen molar-refractivity contribution < 1.29 is 44.3 Å². The van der Waals surface area contributed by atoms with Gasteiger partial charge in [0.2, 0.25) is 0 Å². The Labute approximate surface area is 161 Å². The van der Waals surface area contributed by atoms with Crippen LogP contribution in [0.4, 0.5) is 11.4 Å². The topological polar surface area (TPSA) is 97.2 Å². The molecule has 2 aromatic rings. The number of carboxylic acids is 1. The van der Waals surface area contributed by atoms with Crippen LogP contribution in [-0.4, -0.2) is 30.5 Å². The Bertz CT molecular complexity index is 705. The van der Waals surface area contributed by atoms with Gasteiger partial charge in [-0.25, -0.2) is 0 Å². The fourth-order valence-corrected chi connectivity index (χ4v) is 1.75. The van der Waals surface area contributed by atoms with Crippen LogP contribution in [0.3, 0.4) is 0 Å². The molecule has 2 rings (SSSR count). The van der Waals surface area contributed by atoms with E-state index in [0.717, 1.165) is 5.01 Å². The predicted octanol–water partition coefficient (Wildman–Crippen LogP) is -1.38. The second-order valence-electron chi connectivity index (χ2n) is 4.74. The number of carboxylic acid groups (broad SMARTS) is 1. The van der Waals surface area contributed by atoms with Crippen LogP contribution >= 0.6 is 0 Å². The summed E-state index contributed by atoms with van der Waals surface area (Å²) in [5.74, 6) is -1.43. The molecule has 0 aliphatic rings. The summed E-state index contributed by atoms with van der Waals surface area (Å²) in [5.41, 5.74) is 1.73. The summed E-state index contributed by atoms with van der Waals surface area (Å²) in [5, 5.41) is 21.9. The standard InChI is InChI=1S/C16H16N4O3.Na/c1-20(11-15(21)22)19-18-14-9-7-13(8-10-14)17-16(23)12-5-3-2-4-6-12;/h2-10H,11H2,1H3,(H,17,23)(H,21,22);/q;+1/p-1. The van der Waals surface area contributed by atoms with Gasteiger partial charge in [-0.3, -0.25) is 9.80 Å². The first kappa shape index (κ1) is 19.8. The van der Waals surface area contributed by atoms with Gasteiger partial charge in [-0.05, 0) is 36.4 Å². The minimum atomic E-state index is -1.23. The molecule has 0 aromatic heterocycles. The van der Waals surface area contributed by atoms with E-state index in [1.165, 1.54) is 7.05 Å². The van der Waals surface area contributed by atoms with Gasteiger partial charge >= 0.3 is 29.6 Å². The normalized spacial score (nSPS) is 10.0. The number of likely N-dealkylation sites (N-methyl/N-ethyl adjacent to an activating group) is 1. The van der Waals surface area contributed by atoms with E-state index in [0.29, 0.717) is 16.9 Å². The van der Waals surface area contributed by atoms with Crippen molar-refractivity contribution in [2.24, 2.45) is 10.3 Å². The summed E-state index contributed by atoms with van der Waals surface area (Å²) in [6.45, 7) is -0.339. The number of nitrogens with one attached hydrogen (secondary N) is 1. The molecule has 0 radical (unpaired) electrons. The minimum absolute atomic E-state index is 0. The van der Waals surface area contributed by atoms with Crippen molar-refractivity contribution in [1.29, 1.82) is 0 Å². The molecule has 0 heterocycles. The second kappa shape index (κ2) is 9.82. The van der Waals surface area contributed by atoms with Crippen LogP contribution in [0, 0.1) is 0 Å². The number of hydrogen-bond donors (Lipinski definition) is 1. The van der Waals surface area contributed by atoms with E-state index in [2.05, 4.69) is 15.7 Å². The van der Waals surface area contributed by atoms with Crippen molar-refractivity contribution in [1.82, 2.24) is 5.01 Å². The number of hydrogen-bond acceptors (Lipinski definition) is 5. The summed E-state index contributed by atoms with van der Waals surface area (Å²) in [6, 6.07) is 15.6. The Balaban J connectivity index is 0.00000288. The van der Waals surface area contributed by atoms with Gasteiger partial charge in [0.25, 0.3) is 5.91 Å². The van der Waals surface area contributed by atoms with Gasteiger partial charge in [-0.15, -0.1) is 5.11 Å². The number of nitrogens with zero attached hydrogens (tertiary/aromatic N) is 3. The van der Waals surface area contributed by atoms with Crippen LogP contribution in [0.15, 0.2) is 64.9 Å². The molecule has 0 fully saturated rings. The number of carbonyl (C=O) groups excluding carboxylic acids is 2. The molecule has 0 unspecified atom stereocenters. The fourth-order valence-electron chi connectivity index (χ4n) is 1.75. The van der Waals surface area contributed by atoms with Gasteiger partial charge in [0.05, 0.1) is 18.2 Å². The molecule has 8 heteroatoms. The Morgan fingerprint density at radius 1 is 1.08 bits per heavy atom. The molecule has 7 nitrogen and oxygen atoms in total. The predicted molar refractivity (Wildman–Crippen MR) is 83.0 cm³/mol. The monoisotopic (exact) mass is 334 g/mol. The van der Waals surface area contributed by atoms with E-state index in [9.17, 15) is 14.7 Å². The molecule has 0 aliphatic heterocycles. The molecule has 1 N–H and O–H groups in total. The third kappa shape index (κ3) is 6.49. The molecule has 0 saturated carbocycles. The Hall–Kier alpha value is -2.22. The smallest absolute Gasteiger partial charge is 0.548 e. The summed E-state index contributed by atoms with van der Waals surface area (Å²) in [7, 11) is 1.48. The first-order valence-electron chi connectivity index (χ1n) is 6.84. The molecule has 0 aliphatic carbocycles. The first-order valence-corrected chi connectivity index (χ1v) is 6.84. The molecule has 1 amide bonds. The maximum absolute atomic E-state index is 12.0. The molecular weight excluding hydrogens is 319 g/mol. The summed E-state index contributed by atoms with van der Waals surface area (Å²) >= 11 is 0. The third-order valence-electron chi connectivity index (χ3n) is 2.83. The van der Waals surface area contributed by atoms with Crippen molar-refractivity contribution in [2.45, 2.75) is 0 Å². The summed E-state index contributed by atoms with van der Waals surface area (Å²) in [4.78, 5) is 22.4. The first-order chi connectivity index (χ1) is 11.0. The van der Waals surface area contributed by atoms with Crippen LogP contribution in [0.25, 0.3) is 0 Å². The van der Waals surface area contributed by atoms with E-state index >= 15 is 0 Å². The van der Waals surface area contributed by atoms with E-state index in [-0.39, 0.29) is 42.0 Å². The van der Waals surface area contributed by atoms with Gasteiger partial charge in [0, 0.05) is 18.3 Å². The molecule has 0 saturated heterocycles. The maximum atomic E-state index is 12.0. The zero-order chi connectivity index (χ0) is 16.7. The summed E-state index contributed by atoms with van der Waals surface area (Å²) in [6.07, 6.45) is 0. The Morgan fingerprint density at radius 2 is 1.71 bits per heavy atom. The third-order valence-corrected chi connectivity index (χ3v) is 2.83. The maximum Gasteiger partial charge on any atom is 1.00 e. The van der Waals surface area contributed by atoms with Crippen LogP contribution in [-0.2, 0) is 4.79 Å². The van der Waals surface area contributed by atoms with E-state index in [1.54, 1.807) is 48.5 Å². The second-order valence-corrected chi connectivity index (χ2v) is 4.74. The Morgan fingerprint density at radius 3 is 2.29 bits per heavy atom. The van der Waals surface area contributed by atoms with E-state index < -0.39 is 5.97 Å². The Kier molecular flexibility index (Phi) is 8.11.